The van der Waals surface area contributed by atoms with Crippen LogP contribution in [0.3, 0.4) is 0 Å². The molecule has 4 saturated carbocycles. The van der Waals surface area contributed by atoms with Gasteiger partial charge in [0.05, 0.1) is 0 Å². The highest BCUT2D eigenvalue weighted by Crippen LogP contribution is 2.70. The average Bonchev–Trinajstić information content (AvgIpc) is 3.15. The van der Waals surface area contributed by atoms with Gasteiger partial charge in [0.15, 0.2) is 0 Å². The quantitative estimate of drug-likeness (QED) is 0.387. The SMILES string of the molecule is C=C[C@@H]1CC2C[C@@H]1C1C3C[C@H](SCCCC)[C@H](C3)C21. The van der Waals surface area contributed by atoms with Crippen molar-refractivity contribution in [2.24, 2.45) is 41.4 Å². The van der Waals surface area contributed by atoms with Crippen LogP contribution in [0.4, 0.5) is 0 Å². The molecule has 0 amide bonds. The van der Waals surface area contributed by atoms with Gasteiger partial charge in [0.2, 0.25) is 0 Å². The molecule has 0 nitrogen and oxygen atoms in total. The predicted molar refractivity (Wildman–Crippen MR) is 84.2 cm³/mol. The molecule has 4 rings (SSSR count). The highest BCUT2D eigenvalue weighted by Gasteiger charge is 2.63. The zero-order chi connectivity index (χ0) is 13.0. The van der Waals surface area contributed by atoms with Crippen LogP contribution in [-0.2, 0) is 0 Å². The molecule has 0 heterocycles. The molecule has 4 aliphatic carbocycles. The fourth-order valence-electron chi connectivity index (χ4n) is 6.43. The maximum Gasteiger partial charge on any atom is 0.00810 e. The van der Waals surface area contributed by atoms with Crippen molar-refractivity contribution in [1.29, 1.82) is 0 Å². The number of unbranched alkanes of at least 4 members (excludes halogenated alkanes) is 1. The Hall–Kier alpha value is 0.0900. The molecule has 0 saturated heterocycles. The number of allylic oxidation sites excluding steroid dienone is 1. The second-order valence-electron chi connectivity index (χ2n) is 7.61. The Morgan fingerprint density at radius 3 is 2.58 bits per heavy atom. The van der Waals surface area contributed by atoms with Crippen LogP contribution in [0.5, 0.6) is 0 Å². The Balaban J connectivity index is 1.45. The van der Waals surface area contributed by atoms with Crippen molar-refractivity contribution in [1.82, 2.24) is 0 Å². The maximum atomic E-state index is 4.10. The molecule has 0 spiro atoms. The van der Waals surface area contributed by atoms with Crippen LogP contribution in [0.1, 0.15) is 45.4 Å². The van der Waals surface area contributed by atoms with E-state index in [0.29, 0.717) is 0 Å². The summed E-state index contributed by atoms with van der Waals surface area (Å²) in [4.78, 5) is 0. The van der Waals surface area contributed by atoms with Crippen LogP contribution >= 0.6 is 11.8 Å². The smallest absolute Gasteiger partial charge is 0.00810 e. The van der Waals surface area contributed by atoms with E-state index in [1.54, 1.807) is 19.3 Å². The third kappa shape index (κ3) is 1.79. The molecule has 4 unspecified atom stereocenters. The van der Waals surface area contributed by atoms with Gasteiger partial charge in [0.25, 0.3) is 0 Å². The lowest BCUT2D eigenvalue weighted by atomic mass is 9.67. The molecule has 0 aromatic carbocycles. The third-order valence-electron chi connectivity index (χ3n) is 6.94. The van der Waals surface area contributed by atoms with E-state index in [0.717, 1.165) is 46.7 Å². The number of hydrogen-bond donors (Lipinski definition) is 0. The molecule has 8 atom stereocenters. The molecule has 0 aliphatic heterocycles. The second kappa shape index (κ2) is 4.83. The Morgan fingerprint density at radius 2 is 1.79 bits per heavy atom. The Labute approximate surface area is 122 Å². The predicted octanol–water partition coefficient (Wildman–Crippen LogP) is 5.00. The van der Waals surface area contributed by atoms with Crippen molar-refractivity contribution in [2.45, 2.75) is 50.7 Å². The lowest BCUT2D eigenvalue weighted by molar-refractivity contribution is 0.125. The highest BCUT2D eigenvalue weighted by molar-refractivity contribution is 7.99. The van der Waals surface area contributed by atoms with E-state index < -0.39 is 0 Å². The molecule has 4 fully saturated rings. The zero-order valence-corrected chi connectivity index (χ0v) is 13.1. The van der Waals surface area contributed by atoms with E-state index in [1.165, 1.54) is 25.0 Å². The normalized spacial score (nSPS) is 53.7. The minimum absolute atomic E-state index is 0.886. The van der Waals surface area contributed by atoms with Gasteiger partial charge in [0, 0.05) is 5.25 Å². The number of thioether (sulfide) groups is 1. The molecule has 0 aromatic rings. The Kier molecular flexibility index (Phi) is 3.25. The summed E-state index contributed by atoms with van der Waals surface area (Å²) in [5.41, 5.74) is 0. The monoisotopic (exact) mass is 276 g/mol. The Bertz CT molecular complexity index is 363. The first-order valence-corrected chi connectivity index (χ1v) is 9.62. The van der Waals surface area contributed by atoms with Crippen LogP contribution < -0.4 is 0 Å². The molecule has 1 heteroatoms. The van der Waals surface area contributed by atoms with E-state index in [4.69, 9.17) is 0 Å². The van der Waals surface area contributed by atoms with Crippen LogP contribution in [0.25, 0.3) is 0 Å². The van der Waals surface area contributed by atoms with Crippen LogP contribution in [0.15, 0.2) is 12.7 Å². The topological polar surface area (TPSA) is 0 Å². The summed E-state index contributed by atoms with van der Waals surface area (Å²) >= 11 is 2.33. The van der Waals surface area contributed by atoms with Gasteiger partial charge >= 0.3 is 0 Å². The lowest BCUT2D eigenvalue weighted by Gasteiger charge is -2.40. The van der Waals surface area contributed by atoms with Crippen molar-refractivity contribution in [3.63, 3.8) is 0 Å². The van der Waals surface area contributed by atoms with E-state index in [2.05, 4.69) is 31.3 Å². The number of hydrogen-bond acceptors (Lipinski definition) is 1. The van der Waals surface area contributed by atoms with Crippen molar-refractivity contribution < 1.29 is 0 Å². The van der Waals surface area contributed by atoms with Gasteiger partial charge < -0.3 is 0 Å². The summed E-state index contributed by atoms with van der Waals surface area (Å²) in [6, 6.07) is 0. The third-order valence-corrected chi connectivity index (χ3v) is 8.44. The zero-order valence-electron chi connectivity index (χ0n) is 12.3. The van der Waals surface area contributed by atoms with Crippen molar-refractivity contribution >= 4 is 11.8 Å². The summed E-state index contributed by atoms with van der Waals surface area (Å²) in [5.74, 6) is 8.91. The van der Waals surface area contributed by atoms with E-state index >= 15 is 0 Å². The first-order valence-electron chi connectivity index (χ1n) is 8.57. The molecule has 4 aliphatic rings. The minimum Gasteiger partial charge on any atom is -0.158 e. The number of rotatable bonds is 5. The molecule has 106 valence electrons. The molecular weight excluding hydrogens is 248 g/mol. The summed E-state index contributed by atoms with van der Waals surface area (Å²) < 4.78 is 0. The van der Waals surface area contributed by atoms with Crippen LogP contribution in [0, 0.1) is 41.4 Å². The summed E-state index contributed by atoms with van der Waals surface area (Å²) in [5, 5.41) is 1.04. The van der Waals surface area contributed by atoms with Gasteiger partial charge in [-0.05, 0) is 79.3 Å². The summed E-state index contributed by atoms with van der Waals surface area (Å²) in [6.45, 7) is 6.42. The molecule has 0 radical (unpaired) electrons. The van der Waals surface area contributed by atoms with Crippen LogP contribution in [0.2, 0.25) is 0 Å². The van der Waals surface area contributed by atoms with Gasteiger partial charge in [-0.25, -0.2) is 0 Å². The fourth-order valence-corrected chi connectivity index (χ4v) is 8.11. The van der Waals surface area contributed by atoms with Crippen LogP contribution in [-0.4, -0.2) is 11.0 Å². The van der Waals surface area contributed by atoms with E-state index in [-0.39, 0.29) is 0 Å². The molecule has 4 bridgehead atoms. The first-order chi connectivity index (χ1) is 9.33. The standard InChI is InChI=1S/C18H28S/c1-3-5-6-19-16-10-13-9-15(16)18-12-7-11(4-2)14(8-12)17(13)18/h4,11-18H,2-3,5-10H2,1H3/t11-,12?,13?,14+,15+,16+,17?,18?/m1/s1. The van der Waals surface area contributed by atoms with Gasteiger partial charge in [-0.1, -0.05) is 19.4 Å². The average molecular weight is 276 g/mol. The van der Waals surface area contributed by atoms with Crippen molar-refractivity contribution in [3.05, 3.63) is 12.7 Å². The molecule has 0 aromatic heterocycles. The van der Waals surface area contributed by atoms with Gasteiger partial charge in [0.1, 0.15) is 0 Å². The number of fused-ring (bicyclic) bond motifs is 9. The lowest BCUT2D eigenvalue weighted by Crippen LogP contribution is -2.36. The highest BCUT2D eigenvalue weighted by atomic mass is 32.2. The maximum absolute atomic E-state index is 4.10. The largest absolute Gasteiger partial charge is 0.158 e. The second-order valence-corrected chi connectivity index (χ2v) is 8.95. The Morgan fingerprint density at radius 1 is 1.05 bits per heavy atom. The van der Waals surface area contributed by atoms with Gasteiger partial charge in [-0.3, -0.25) is 0 Å². The molecule has 19 heavy (non-hydrogen) atoms. The van der Waals surface area contributed by atoms with Crippen molar-refractivity contribution in [2.75, 3.05) is 5.75 Å². The van der Waals surface area contributed by atoms with Gasteiger partial charge in [-0.15, -0.1) is 6.58 Å². The van der Waals surface area contributed by atoms with Gasteiger partial charge in [-0.2, -0.15) is 11.8 Å². The summed E-state index contributed by atoms with van der Waals surface area (Å²) in [6.07, 6.45) is 11.3. The van der Waals surface area contributed by atoms with Crippen molar-refractivity contribution in [3.8, 4) is 0 Å². The molecular formula is C18H28S. The summed E-state index contributed by atoms with van der Waals surface area (Å²) in [7, 11) is 0. The minimum atomic E-state index is 0.886. The first kappa shape index (κ1) is 12.8. The van der Waals surface area contributed by atoms with E-state index in [1.807, 2.05) is 0 Å². The fraction of sp³-hybridized carbons (Fsp3) is 0.889. The molecule has 0 N–H and O–H groups in total. The van der Waals surface area contributed by atoms with E-state index in [9.17, 15) is 0 Å².